The van der Waals surface area contributed by atoms with Crippen LogP contribution in [-0.4, -0.2) is 9.78 Å². The number of nitrogens with zero attached hydrogens (tertiary/aromatic N) is 2. The van der Waals surface area contributed by atoms with Crippen LogP contribution in [0.15, 0.2) is 65.5 Å². The normalized spacial score (nSPS) is 11.5. The van der Waals surface area contributed by atoms with Gasteiger partial charge >= 0.3 is 6.18 Å². The summed E-state index contributed by atoms with van der Waals surface area (Å²) in [6.45, 7) is 0.0817. The molecule has 0 saturated carbocycles. The molecule has 0 spiro atoms. The van der Waals surface area contributed by atoms with Gasteiger partial charge in [-0.15, -0.1) is 0 Å². The standard InChI is InChI=1S/C18H12ClF3N2O/c19-15-7-3-13(4-8-15)16-9-10-17(25)24(23-16)11-12-1-5-14(6-2-12)18(20,21)22/h1-10H,11H2. The Morgan fingerprint density at radius 1 is 0.920 bits per heavy atom. The number of benzene rings is 2. The first-order valence-electron chi connectivity index (χ1n) is 7.33. The average molecular weight is 365 g/mol. The third kappa shape index (κ3) is 4.09. The van der Waals surface area contributed by atoms with Crippen LogP contribution < -0.4 is 5.56 Å². The lowest BCUT2D eigenvalue weighted by molar-refractivity contribution is -0.137. The topological polar surface area (TPSA) is 34.9 Å². The minimum atomic E-state index is -4.39. The summed E-state index contributed by atoms with van der Waals surface area (Å²) in [5.74, 6) is 0. The van der Waals surface area contributed by atoms with Crippen molar-refractivity contribution in [2.24, 2.45) is 0 Å². The highest BCUT2D eigenvalue weighted by molar-refractivity contribution is 6.30. The zero-order chi connectivity index (χ0) is 18.0. The summed E-state index contributed by atoms with van der Waals surface area (Å²) in [6, 6.07) is 14.6. The summed E-state index contributed by atoms with van der Waals surface area (Å²) < 4.78 is 39.0. The minimum Gasteiger partial charge on any atom is -0.268 e. The SMILES string of the molecule is O=c1ccc(-c2ccc(Cl)cc2)nn1Cc1ccc(C(F)(F)F)cc1. The van der Waals surface area contributed by atoms with Gasteiger partial charge in [0.05, 0.1) is 17.8 Å². The monoisotopic (exact) mass is 364 g/mol. The van der Waals surface area contributed by atoms with E-state index in [0.717, 1.165) is 17.7 Å². The molecular formula is C18H12ClF3N2O. The first-order valence-corrected chi connectivity index (χ1v) is 7.71. The summed E-state index contributed by atoms with van der Waals surface area (Å²) in [6.07, 6.45) is -4.39. The fourth-order valence-electron chi connectivity index (χ4n) is 2.31. The van der Waals surface area contributed by atoms with E-state index in [1.54, 1.807) is 30.3 Å². The maximum absolute atomic E-state index is 12.6. The van der Waals surface area contributed by atoms with Crippen LogP contribution in [-0.2, 0) is 12.7 Å². The van der Waals surface area contributed by atoms with Gasteiger partial charge in [-0.1, -0.05) is 35.9 Å². The number of rotatable bonds is 3. The summed E-state index contributed by atoms with van der Waals surface area (Å²) in [4.78, 5) is 12.0. The largest absolute Gasteiger partial charge is 0.416 e. The zero-order valence-electron chi connectivity index (χ0n) is 12.8. The van der Waals surface area contributed by atoms with Crippen molar-refractivity contribution >= 4 is 11.6 Å². The van der Waals surface area contributed by atoms with Crippen LogP contribution in [0.2, 0.25) is 5.02 Å². The van der Waals surface area contributed by atoms with Gasteiger partial charge in [-0.3, -0.25) is 4.79 Å². The van der Waals surface area contributed by atoms with E-state index in [1.165, 1.54) is 22.9 Å². The Labute approximate surface area is 146 Å². The number of hydrogen-bond acceptors (Lipinski definition) is 2. The molecule has 25 heavy (non-hydrogen) atoms. The van der Waals surface area contributed by atoms with Crippen molar-refractivity contribution in [2.75, 3.05) is 0 Å². The van der Waals surface area contributed by atoms with E-state index < -0.39 is 11.7 Å². The smallest absolute Gasteiger partial charge is 0.268 e. The molecule has 1 aromatic heterocycles. The van der Waals surface area contributed by atoms with Crippen LogP contribution in [0.4, 0.5) is 13.2 Å². The molecule has 0 aliphatic heterocycles. The van der Waals surface area contributed by atoms with Crippen LogP contribution in [0.25, 0.3) is 11.3 Å². The highest BCUT2D eigenvalue weighted by Gasteiger charge is 2.29. The van der Waals surface area contributed by atoms with E-state index >= 15 is 0 Å². The molecule has 3 rings (SSSR count). The van der Waals surface area contributed by atoms with Crippen molar-refractivity contribution in [3.63, 3.8) is 0 Å². The second kappa shape index (κ2) is 6.72. The fourth-order valence-corrected chi connectivity index (χ4v) is 2.43. The van der Waals surface area contributed by atoms with Crippen LogP contribution in [0, 0.1) is 0 Å². The van der Waals surface area contributed by atoms with Crippen molar-refractivity contribution < 1.29 is 13.2 Å². The van der Waals surface area contributed by atoms with Gasteiger partial charge in [0.15, 0.2) is 0 Å². The van der Waals surface area contributed by atoms with Gasteiger partial charge < -0.3 is 0 Å². The Kier molecular flexibility index (Phi) is 4.63. The van der Waals surface area contributed by atoms with Gasteiger partial charge in [-0.2, -0.15) is 18.3 Å². The molecule has 1 heterocycles. The molecule has 0 unspecified atom stereocenters. The van der Waals surface area contributed by atoms with Gasteiger partial charge in [0.1, 0.15) is 0 Å². The van der Waals surface area contributed by atoms with Crippen molar-refractivity contribution in [3.8, 4) is 11.3 Å². The Balaban J connectivity index is 1.88. The third-order valence-corrected chi connectivity index (χ3v) is 3.87. The number of halogens is 4. The van der Waals surface area contributed by atoms with E-state index in [9.17, 15) is 18.0 Å². The molecule has 0 aliphatic rings. The molecule has 0 atom stereocenters. The Hall–Kier alpha value is -2.60. The Morgan fingerprint density at radius 2 is 1.56 bits per heavy atom. The summed E-state index contributed by atoms with van der Waals surface area (Å²) in [5.41, 5.74) is 0.841. The summed E-state index contributed by atoms with van der Waals surface area (Å²) >= 11 is 5.85. The molecule has 0 N–H and O–H groups in total. The Morgan fingerprint density at radius 3 is 2.16 bits per heavy atom. The average Bonchev–Trinajstić information content (AvgIpc) is 2.57. The molecule has 2 aromatic carbocycles. The molecular weight excluding hydrogens is 353 g/mol. The molecule has 3 aromatic rings. The zero-order valence-corrected chi connectivity index (χ0v) is 13.6. The van der Waals surface area contributed by atoms with Crippen LogP contribution in [0.1, 0.15) is 11.1 Å². The van der Waals surface area contributed by atoms with Gasteiger partial charge in [0, 0.05) is 16.7 Å². The summed E-state index contributed by atoms with van der Waals surface area (Å²) in [5, 5.41) is 4.86. The van der Waals surface area contributed by atoms with Gasteiger partial charge in [0.25, 0.3) is 5.56 Å². The molecule has 3 nitrogen and oxygen atoms in total. The predicted octanol–water partition coefficient (Wildman–Crippen LogP) is 4.63. The van der Waals surface area contributed by atoms with Crippen LogP contribution in [0.3, 0.4) is 0 Å². The second-order valence-corrected chi connectivity index (χ2v) is 5.85. The second-order valence-electron chi connectivity index (χ2n) is 5.42. The van der Waals surface area contributed by atoms with E-state index in [-0.39, 0.29) is 12.1 Å². The van der Waals surface area contributed by atoms with Gasteiger partial charge in [0.2, 0.25) is 0 Å². The maximum atomic E-state index is 12.6. The molecule has 0 amide bonds. The Bertz CT molecular complexity index is 932. The van der Waals surface area contributed by atoms with Crippen molar-refractivity contribution in [1.29, 1.82) is 0 Å². The number of hydrogen-bond donors (Lipinski definition) is 0. The van der Waals surface area contributed by atoms with Gasteiger partial charge in [-0.25, -0.2) is 4.68 Å². The number of aromatic nitrogens is 2. The van der Waals surface area contributed by atoms with Crippen molar-refractivity contribution in [2.45, 2.75) is 12.7 Å². The lowest BCUT2D eigenvalue weighted by Crippen LogP contribution is -2.22. The quantitative estimate of drug-likeness (QED) is 0.679. The van der Waals surface area contributed by atoms with Crippen molar-refractivity contribution in [3.05, 3.63) is 87.2 Å². The highest BCUT2D eigenvalue weighted by atomic mass is 35.5. The first-order chi connectivity index (χ1) is 11.8. The van der Waals surface area contributed by atoms with Crippen LogP contribution >= 0.6 is 11.6 Å². The van der Waals surface area contributed by atoms with E-state index in [4.69, 9.17) is 11.6 Å². The predicted molar refractivity (Wildman–Crippen MR) is 89.5 cm³/mol. The molecule has 0 radical (unpaired) electrons. The fraction of sp³-hybridized carbons (Fsp3) is 0.111. The van der Waals surface area contributed by atoms with E-state index in [0.29, 0.717) is 16.3 Å². The molecule has 128 valence electrons. The molecule has 0 aliphatic carbocycles. The lowest BCUT2D eigenvalue weighted by Gasteiger charge is -2.09. The minimum absolute atomic E-state index is 0.0817. The van der Waals surface area contributed by atoms with Crippen molar-refractivity contribution in [1.82, 2.24) is 9.78 Å². The van der Waals surface area contributed by atoms with E-state index in [2.05, 4.69) is 5.10 Å². The molecule has 0 fully saturated rings. The first kappa shape index (κ1) is 17.2. The molecule has 0 saturated heterocycles. The third-order valence-electron chi connectivity index (χ3n) is 3.62. The molecule has 7 heteroatoms. The summed E-state index contributed by atoms with van der Waals surface area (Å²) in [7, 11) is 0. The van der Waals surface area contributed by atoms with Gasteiger partial charge in [-0.05, 0) is 35.9 Å². The maximum Gasteiger partial charge on any atom is 0.416 e. The number of alkyl halides is 3. The highest BCUT2D eigenvalue weighted by Crippen LogP contribution is 2.29. The lowest BCUT2D eigenvalue weighted by atomic mass is 10.1. The van der Waals surface area contributed by atoms with E-state index in [1.807, 2.05) is 0 Å². The molecule has 0 bridgehead atoms. The van der Waals surface area contributed by atoms with Crippen LogP contribution in [0.5, 0.6) is 0 Å².